The molecule has 9 heavy (non-hydrogen) atoms. The second-order valence-corrected chi connectivity index (χ2v) is 2.79. The third kappa shape index (κ3) is 3.52. The minimum atomic E-state index is 0.779. The van der Waals surface area contributed by atoms with Gasteiger partial charge in [0.1, 0.15) is 0 Å². The van der Waals surface area contributed by atoms with Gasteiger partial charge in [0, 0.05) is 12.6 Å². The molecule has 1 aliphatic rings. The van der Waals surface area contributed by atoms with Crippen LogP contribution in [0.3, 0.4) is 0 Å². The first-order chi connectivity index (χ1) is 4.43. The molecule has 53 valence electrons. The highest BCUT2D eigenvalue weighted by molar-refractivity contribution is 4.96. The van der Waals surface area contributed by atoms with Crippen molar-refractivity contribution in [2.45, 2.75) is 45.1 Å². The van der Waals surface area contributed by atoms with Gasteiger partial charge >= 0.3 is 0 Å². The minimum absolute atomic E-state index is 0.779. The molecule has 1 N–H and O–H groups in total. The number of nitrogens with one attached hydrogen (secondary N) is 1. The van der Waals surface area contributed by atoms with Crippen molar-refractivity contribution in [2.24, 2.45) is 0 Å². The fourth-order valence-electron chi connectivity index (χ4n) is 1.03. The normalized spacial score (nSPS) is 24.3. The van der Waals surface area contributed by atoms with Gasteiger partial charge in [-0.15, -0.1) is 0 Å². The average Bonchev–Trinajstić information content (AvgIpc) is 2.63. The zero-order valence-electron chi connectivity index (χ0n) is 6.19. The number of rotatable bonds is 5. The Morgan fingerprint density at radius 1 is 1.33 bits per heavy atom. The summed E-state index contributed by atoms with van der Waals surface area (Å²) in [6.45, 7) is 4.42. The fraction of sp³-hybridized carbons (Fsp3) is 0.875. The van der Waals surface area contributed by atoms with E-state index in [2.05, 4.69) is 18.8 Å². The van der Waals surface area contributed by atoms with E-state index in [4.69, 9.17) is 0 Å². The lowest BCUT2D eigenvalue weighted by atomic mass is 10.1. The topological polar surface area (TPSA) is 21.9 Å². The van der Waals surface area contributed by atoms with Gasteiger partial charge in [-0.05, 0) is 6.42 Å². The van der Waals surface area contributed by atoms with Crippen LogP contribution in [-0.4, -0.2) is 6.04 Å². The van der Waals surface area contributed by atoms with E-state index in [1.807, 2.05) is 0 Å². The Morgan fingerprint density at radius 2 is 2.11 bits per heavy atom. The van der Waals surface area contributed by atoms with E-state index in [0.29, 0.717) is 0 Å². The number of unbranched alkanes of at least 4 members (excludes halogenated alkanes) is 3. The Bertz CT molecular complexity index is 67.0. The van der Waals surface area contributed by atoms with Gasteiger partial charge in [0.05, 0.1) is 0 Å². The van der Waals surface area contributed by atoms with Crippen molar-refractivity contribution >= 4 is 0 Å². The Morgan fingerprint density at radius 3 is 2.67 bits per heavy atom. The summed E-state index contributed by atoms with van der Waals surface area (Å²) in [4.78, 5) is 0. The van der Waals surface area contributed by atoms with Crippen LogP contribution >= 0.6 is 0 Å². The largest absolute Gasteiger partial charge is 0.307 e. The van der Waals surface area contributed by atoms with Crippen molar-refractivity contribution in [2.75, 3.05) is 0 Å². The minimum Gasteiger partial charge on any atom is -0.307 e. The van der Waals surface area contributed by atoms with Crippen LogP contribution in [0.15, 0.2) is 0 Å². The highest BCUT2D eigenvalue weighted by Gasteiger charge is 2.18. The first-order valence-electron chi connectivity index (χ1n) is 4.03. The smallest absolute Gasteiger partial charge is 0.0393 e. The van der Waals surface area contributed by atoms with E-state index in [-0.39, 0.29) is 0 Å². The Hall–Kier alpha value is -0.0400. The molecular weight excluding hydrogens is 110 g/mol. The van der Waals surface area contributed by atoms with Crippen LogP contribution in [0.25, 0.3) is 0 Å². The molecule has 1 nitrogen and oxygen atoms in total. The number of hydrogen-bond acceptors (Lipinski definition) is 1. The van der Waals surface area contributed by atoms with Crippen LogP contribution in [0, 0.1) is 6.54 Å². The van der Waals surface area contributed by atoms with Gasteiger partial charge < -0.3 is 5.32 Å². The molecule has 1 aliphatic heterocycles. The van der Waals surface area contributed by atoms with Crippen molar-refractivity contribution < 1.29 is 0 Å². The van der Waals surface area contributed by atoms with Gasteiger partial charge in [-0.25, -0.2) is 0 Å². The molecule has 1 unspecified atom stereocenters. The third-order valence-corrected chi connectivity index (χ3v) is 1.77. The second kappa shape index (κ2) is 3.89. The zero-order chi connectivity index (χ0) is 6.53. The monoisotopic (exact) mass is 126 g/mol. The van der Waals surface area contributed by atoms with E-state index in [0.717, 1.165) is 6.04 Å². The molecule has 1 saturated heterocycles. The summed E-state index contributed by atoms with van der Waals surface area (Å²) in [6.07, 6.45) is 6.94. The van der Waals surface area contributed by atoms with Gasteiger partial charge in [0.2, 0.25) is 0 Å². The molecule has 1 fully saturated rings. The molecule has 0 aromatic heterocycles. The van der Waals surface area contributed by atoms with Gasteiger partial charge in [-0.1, -0.05) is 32.6 Å². The average molecular weight is 126 g/mol. The molecule has 1 radical (unpaired) electrons. The highest BCUT2D eigenvalue weighted by Crippen LogP contribution is 2.13. The molecule has 0 bridgehead atoms. The summed E-state index contributed by atoms with van der Waals surface area (Å²) < 4.78 is 0. The summed E-state index contributed by atoms with van der Waals surface area (Å²) in [5.41, 5.74) is 0. The van der Waals surface area contributed by atoms with Crippen molar-refractivity contribution in [3.8, 4) is 0 Å². The SMILES string of the molecule is CCCCCCC1[CH]N1. The lowest BCUT2D eigenvalue weighted by Gasteiger charge is -1.94. The first kappa shape index (κ1) is 7.07. The highest BCUT2D eigenvalue weighted by atomic mass is 15.1. The molecule has 0 aromatic rings. The van der Waals surface area contributed by atoms with Crippen LogP contribution in [-0.2, 0) is 0 Å². The van der Waals surface area contributed by atoms with Crippen molar-refractivity contribution in [3.05, 3.63) is 6.54 Å². The maximum atomic E-state index is 3.19. The Balaban J connectivity index is 1.71. The Labute approximate surface area is 57.8 Å². The van der Waals surface area contributed by atoms with Crippen LogP contribution in [0.5, 0.6) is 0 Å². The van der Waals surface area contributed by atoms with Crippen LogP contribution in [0.1, 0.15) is 39.0 Å². The predicted octanol–water partition coefficient (Wildman–Crippen LogP) is 2.09. The predicted molar refractivity (Wildman–Crippen MR) is 40.0 cm³/mol. The van der Waals surface area contributed by atoms with Crippen LogP contribution in [0.2, 0.25) is 0 Å². The van der Waals surface area contributed by atoms with E-state index in [1.54, 1.807) is 0 Å². The molecule has 1 rings (SSSR count). The summed E-state index contributed by atoms with van der Waals surface area (Å²) in [6, 6.07) is 0.779. The van der Waals surface area contributed by atoms with E-state index in [1.165, 1.54) is 32.1 Å². The summed E-state index contributed by atoms with van der Waals surface area (Å²) in [7, 11) is 0. The third-order valence-electron chi connectivity index (χ3n) is 1.77. The first-order valence-corrected chi connectivity index (χ1v) is 4.03. The van der Waals surface area contributed by atoms with Crippen molar-refractivity contribution in [1.82, 2.24) is 5.32 Å². The molecule has 1 heterocycles. The van der Waals surface area contributed by atoms with Gasteiger partial charge in [0.15, 0.2) is 0 Å². The van der Waals surface area contributed by atoms with E-state index in [9.17, 15) is 0 Å². The van der Waals surface area contributed by atoms with Crippen LogP contribution < -0.4 is 5.32 Å². The van der Waals surface area contributed by atoms with Crippen molar-refractivity contribution in [1.29, 1.82) is 0 Å². The molecule has 0 aliphatic carbocycles. The molecule has 1 heteroatoms. The molecule has 0 spiro atoms. The maximum absolute atomic E-state index is 3.19. The molecular formula is C8H16N. The van der Waals surface area contributed by atoms with Gasteiger partial charge in [0.25, 0.3) is 0 Å². The summed E-state index contributed by atoms with van der Waals surface area (Å²) in [5, 5.41) is 3.19. The zero-order valence-corrected chi connectivity index (χ0v) is 6.19. The molecule has 0 aromatic carbocycles. The van der Waals surface area contributed by atoms with Crippen molar-refractivity contribution in [3.63, 3.8) is 0 Å². The second-order valence-electron chi connectivity index (χ2n) is 2.79. The lowest BCUT2D eigenvalue weighted by molar-refractivity contribution is 0.629. The molecule has 0 saturated carbocycles. The molecule has 0 amide bonds. The summed E-state index contributed by atoms with van der Waals surface area (Å²) >= 11 is 0. The van der Waals surface area contributed by atoms with E-state index < -0.39 is 0 Å². The van der Waals surface area contributed by atoms with E-state index >= 15 is 0 Å². The maximum Gasteiger partial charge on any atom is 0.0393 e. The Kier molecular flexibility index (Phi) is 3.05. The lowest BCUT2D eigenvalue weighted by Crippen LogP contribution is -1.88. The molecule has 1 atom stereocenters. The quantitative estimate of drug-likeness (QED) is 0.442. The standard InChI is InChI=1S/C8H16N/c1-2-3-4-5-6-8-7-9-8/h7-9H,2-6H2,1H3. The van der Waals surface area contributed by atoms with Crippen LogP contribution in [0.4, 0.5) is 0 Å². The van der Waals surface area contributed by atoms with Gasteiger partial charge in [-0.2, -0.15) is 0 Å². The number of hydrogen-bond donors (Lipinski definition) is 1. The fourth-order valence-corrected chi connectivity index (χ4v) is 1.03. The summed E-state index contributed by atoms with van der Waals surface area (Å²) in [5.74, 6) is 0. The van der Waals surface area contributed by atoms with Gasteiger partial charge in [-0.3, -0.25) is 0 Å².